The predicted octanol–water partition coefficient (Wildman–Crippen LogP) is 2.39. The van der Waals surface area contributed by atoms with Crippen LogP contribution in [0, 0.1) is 19.3 Å². The van der Waals surface area contributed by atoms with Crippen molar-refractivity contribution in [1.29, 1.82) is 0 Å². The van der Waals surface area contributed by atoms with Gasteiger partial charge in [0, 0.05) is 28.2 Å². The molecule has 4 heteroatoms. The summed E-state index contributed by atoms with van der Waals surface area (Å²) in [7, 11) is 0. The highest BCUT2D eigenvalue weighted by atomic mass is 16.1. The number of hydrogen-bond acceptors (Lipinski definition) is 3. The van der Waals surface area contributed by atoms with Gasteiger partial charge in [-0.05, 0) is 42.8 Å². The minimum Gasteiger partial charge on any atom is -0.399 e. The van der Waals surface area contributed by atoms with Crippen LogP contribution in [0.1, 0.15) is 21.5 Å². The summed E-state index contributed by atoms with van der Waals surface area (Å²) < 4.78 is 0. The zero-order valence-electron chi connectivity index (χ0n) is 11.1. The molecule has 100 valence electrons. The molecule has 2 rings (SSSR count). The Morgan fingerprint density at radius 3 is 2.70 bits per heavy atom. The van der Waals surface area contributed by atoms with E-state index in [1.54, 1.807) is 43.3 Å². The van der Waals surface area contributed by atoms with Crippen LogP contribution in [0.4, 0.5) is 17.1 Å². The van der Waals surface area contributed by atoms with Crippen LogP contribution in [0.25, 0.3) is 0 Å². The van der Waals surface area contributed by atoms with Crippen LogP contribution in [-0.2, 0) is 0 Å². The molecule has 20 heavy (non-hydrogen) atoms. The Bertz CT molecular complexity index is 714. The topological polar surface area (TPSA) is 81.1 Å². The van der Waals surface area contributed by atoms with Gasteiger partial charge in [0.15, 0.2) is 0 Å². The van der Waals surface area contributed by atoms with Crippen LogP contribution in [-0.4, -0.2) is 5.91 Å². The first-order chi connectivity index (χ1) is 9.51. The normalized spacial score (nSPS) is 9.80. The minimum absolute atomic E-state index is 0.268. The standard InChI is InChI=1S/C16H15N3O/c1-3-11-5-4-6-13(7-11)19-16(20)14-8-12(17)9-15(18)10(14)2/h1,4-9H,17-18H2,2H3,(H,19,20). The summed E-state index contributed by atoms with van der Waals surface area (Å²) in [5, 5.41) is 2.78. The quantitative estimate of drug-likeness (QED) is 0.576. The van der Waals surface area contributed by atoms with Crippen LogP contribution < -0.4 is 16.8 Å². The SMILES string of the molecule is C#Cc1cccc(NC(=O)c2cc(N)cc(N)c2C)c1. The molecule has 2 aromatic rings. The van der Waals surface area contributed by atoms with E-state index in [9.17, 15) is 4.79 Å². The average molecular weight is 265 g/mol. The van der Waals surface area contributed by atoms with Crippen molar-refractivity contribution in [2.45, 2.75) is 6.92 Å². The number of nitrogen functional groups attached to an aromatic ring is 2. The summed E-state index contributed by atoms with van der Waals surface area (Å²) in [6.45, 7) is 1.78. The van der Waals surface area contributed by atoms with Gasteiger partial charge in [0.1, 0.15) is 0 Å². The largest absolute Gasteiger partial charge is 0.399 e. The number of anilines is 3. The summed E-state index contributed by atoms with van der Waals surface area (Å²) in [4.78, 5) is 12.3. The molecule has 0 heterocycles. The lowest BCUT2D eigenvalue weighted by molar-refractivity contribution is 0.102. The fourth-order valence-electron chi connectivity index (χ4n) is 1.88. The van der Waals surface area contributed by atoms with Crippen molar-refractivity contribution in [3.63, 3.8) is 0 Å². The number of terminal acetylenes is 1. The number of carbonyl (C=O) groups is 1. The van der Waals surface area contributed by atoms with Gasteiger partial charge in [-0.25, -0.2) is 0 Å². The second-order valence-corrected chi connectivity index (χ2v) is 4.46. The van der Waals surface area contributed by atoms with Crippen molar-refractivity contribution in [1.82, 2.24) is 0 Å². The Morgan fingerprint density at radius 2 is 2.00 bits per heavy atom. The van der Waals surface area contributed by atoms with Gasteiger partial charge in [0.2, 0.25) is 0 Å². The van der Waals surface area contributed by atoms with E-state index in [1.807, 2.05) is 0 Å². The molecule has 0 atom stereocenters. The van der Waals surface area contributed by atoms with Crippen LogP contribution in [0.2, 0.25) is 0 Å². The van der Waals surface area contributed by atoms with E-state index >= 15 is 0 Å². The summed E-state index contributed by atoms with van der Waals surface area (Å²) >= 11 is 0. The number of amides is 1. The number of nitrogens with one attached hydrogen (secondary N) is 1. The van der Waals surface area contributed by atoms with Crippen molar-refractivity contribution in [2.75, 3.05) is 16.8 Å². The molecule has 0 bridgehead atoms. The molecular formula is C16H15N3O. The first kappa shape index (κ1) is 13.5. The van der Waals surface area contributed by atoms with Gasteiger partial charge in [-0.3, -0.25) is 4.79 Å². The van der Waals surface area contributed by atoms with E-state index in [-0.39, 0.29) is 5.91 Å². The maximum Gasteiger partial charge on any atom is 0.256 e. The number of hydrogen-bond donors (Lipinski definition) is 3. The Morgan fingerprint density at radius 1 is 1.25 bits per heavy atom. The van der Waals surface area contributed by atoms with Crippen LogP contribution >= 0.6 is 0 Å². The molecule has 0 radical (unpaired) electrons. The molecule has 0 fully saturated rings. The molecule has 0 aliphatic rings. The van der Waals surface area contributed by atoms with E-state index in [0.717, 1.165) is 0 Å². The number of benzene rings is 2. The Labute approximate surface area is 117 Å². The van der Waals surface area contributed by atoms with Crippen LogP contribution in [0.15, 0.2) is 36.4 Å². The van der Waals surface area contributed by atoms with Gasteiger partial charge in [0.05, 0.1) is 0 Å². The molecule has 0 aliphatic heterocycles. The highest BCUT2D eigenvalue weighted by Gasteiger charge is 2.12. The molecule has 0 unspecified atom stereocenters. The molecular weight excluding hydrogens is 250 g/mol. The third-order valence-corrected chi connectivity index (χ3v) is 3.00. The average Bonchev–Trinajstić information content (AvgIpc) is 2.43. The highest BCUT2D eigenvalue weighted by molar-refractivity contribution is 6.06. The van der Waals surface area contributed by atoms with Crippen molar-refractivity contribution in [2.24, 2.45) is 0 Å². The first-order valence-corrected chi connectivity index (χ1v) is 6.05. The van der Waals surface area contributed by atoms with Gasteiger partial charge in [-0.1, -0.05) is 12.0 Å². The van der Waals surface area contributed by atoms with Gasteiger partial charge in [-0.2, -0.15) is 0 Å². The predicted molar refractivity (Wildman–Crippen MR) is 82.3 cm³/mol. The minimum atomic E-state index is -0.268. The van der Waals surface area contributed by atoms with Crippen molar-refractivity contribution in [3.8, 4) is 12.3 Å². The smallest absolute Gasteiger partial charge is 0.256 e. The van der Waals surface area contributed by atoms with Crippen molar-refractivity contribution >= 4 is 23.0 Å². The van der Waals surface area contributed by atoms with Crippen LogP contribution in [0.3, 0.4) is 0 Å². The molecule has 0 spiro atoms. The number of carbonyl (C=O) groups excluding carboxylic acids is 1. The van der Waals surface area contributed by atoms with Gasteiger partial charge >= 0.3 is 0 Å². The van der Waals surface area contributed by atoms with E-state index < -0.39 is 0 Å². The molecule has 5 N–H and O–H groups in total. The highest BCUT2D eigenvalue weighted by Crippen LogP contribution is 2.21. The maximum absolute atomic E-state index is 12.3. The molecule has 0 aliphatic carbocycles. The second kappa shape index (κ2) is 5.37. The second-order valence-electron chi connectivity index (χ2n) is 4.46. The molecule has 4 nitrogen and oxygen atoms in total. The summed E-state index contributed by atoms with van der Waals surface area (Å²) in [5.74, 6) is 2.25. The first-order valence-electron chi connectivity index (χ1n) is 6.05. The zero-order chi connectivity index (χ0) is 14.7. The van der Waals surface area contributed by atoms with Gasteiger partial charge in [-0.15, -0.1) is 6.42 Å². The molecule has 1 amide bonds. The maximum atomic E-state index is 12.3. The lowest BCUT2D eigenvalue weighted by atomic mass is 10.0. The van der Waals surface area contributed by atoms with E-state index in [2.05, 4.69) is 11.2 Å². The third kappa shape index (κ3) is 2.73. The summed E-state index contributed by atoms with van der Waals surface area (Å²) in [6, 6.07) is 10.3. The van der Waals surface area contributed by atoms with Crippen LogP contribution in [0.5, 0.6) is 0 Å². The summed E-state index contributed by atoms with van der Waals surface area (Å²) in [5.41, 5.74) is 15.0. The van der Waals surface area contributed by atoms with E-state index in [4.69, 9.17) is 17.9 Å². The van der Waals surface area contributed by atoms with E-state index in [1.165, 1.54) is 0 Å². The number of rotatable bonds is 2. The fourth-order valence-corrected chi connectivity index (χ4v) is 1.88. The Kier molecular flexibility index (Phi) is 3.62. The number of nitrogens with two attached hydrogens (primary N) is 2. The van der Waals surface area contributed by atoms with Crippen molar-refractivity contribution in [3.05, 3.63) is 53.1 Å². The van der Waals surface area contributed by atoms with E-state index in [0.29, 0.717) is 33.8 Å². The lowest BCUT2D eigenvalue weighted by Crippen LogP contribution is -2.14. The Hall–Kier alpha value is -2.93. The molecule has 0 saturated heterocycles. The fraction of sp³-hybridized carbons (Fsp3) is 0.0625. The molecule has 2 aromatic carbocycles. The third-order valence-electron chi connectivity index (χ3n) is 3.00. The Balaban J connectivity index is 2.31. The van der Waals surface area contributed by atoms with Gasteiger partial charge < -0.3 is 16.8 Å². The van der Waals surface area contributed by atoms with Crippen molar-refractivity contribution < 1.29 is 4.79 Å². The molecule has 0 saturated carbocycles. The summed E-state index contributed by atoms with van der Waals surface area (Å²) in [6.07, 6.45) is 5.33. The molecule has 0 aromatic heterocycles. The monoisotopic (exact) mass is 265 g/mol. The van der Waals surface area contributed by atoms with Gasteiger partial charge in [0.25, 0.3) is 5.91 Å². The zero-order valence-corrected chi connectivity index (χ0v) is 11.1. The lowest BCUT2D eigenvalue weighted by Gasteiger charge is -2.11.